The number of aromatic nitrogens is 2. The van der Waals surface area contributed by atoms with Gasteiger partial charge in [0, 0.05) is 33.8 Å². The van der Waals surface area contributed by atoms with Crippen molar-refractivity contribution in [2.45, 2.75) is 18.0 Å². The molecule has 1 aliphatic rings. The van der Waals surface area contributed by atoms with E-state index in [4.69, 9.17) is 32.7 Å². The van der Waals surface area contributed by atoms with Crippen molar-refractivity contribution >= 4 is 44.8 Å². The summed E-state index contributed by atoms with van der Waals surface area (Å²) in [5, 5.41) is 8.08. The van der Waals surface area contributed by atoms with Gasteiger partial charge in [0.1, 0.15) is 5.75 Å². The molecule has 184 valence electrons. The molecule has 9 nitrogen and oxygen atoms in total. The van der Waals surface area contributed by atoms with Crippen molar-refractivity contribution in [3.05, 3.63) is 81.6 Å². The summed E-state index contributed by atoms with van der Waals surface area (Å²) in [6, 6.07) is 10.3. The minimum atomic E-state index is -4.06. The van der Waals surface area contributed by atoms with Crippen LogP contribution >= 0.6 is 23.2 Å². The highest BCUT2D eigenvalue weighted by atomic mass is 35.5. The van der Waals surface area contributed by atoms with E-state index in [-0.39, 0.29) is 11.4 Å². The predicted octanol–water partition coefficient (Wildman–Crippen LogP) is 3.85. The van der Waals surface area contributed by atoms with Crippen molar-refractivity contribution in [3.63, 3.8) is 0 Å². The molecule has 0 aliphatic carbocycles. The first-order valence-corrected chi connectivity index (χ1v) is 12.7. The summed E-state index contributed by atoms with van der Waals surface area (Å²) < 4.78 is 39.4. The molecule has 0 saturated heterocycles. The van der Waals surface area contributed by atoms with Gasteiger partial charge in [-0.05, 0) is 29.8 Å². The zero-order valence-corrected chi connectivity index (χ0v) is 21.0. The van der Waals surface area contributed by atoms with Crippen LogP contribution in [-0.4, -0.2) is 44.5 Å². The highest BCUT2D eigenvalue weighted by Gasteiger charge is 2.21. The molecule has 1 aromatic heterocycles. The summed E-state index contributed by atoms with van der Waals surface area (Å²) >= 11 is 12.3. The lowest BCUT2D eigenvalue weighted by molar-refractivity contribution is 0.145. The molecule has 0 spiro atoms. The average Bonchev–Trinajstić information content (AvgIpc) is 3.24. The van der Waals surface area contributed by atoms with Gasteiger partial charge in [-0.2, -0.15) is 5.10 Å². The SMILES string of the molecule is COc1cccc(S(=O)(=O)NC(=O)NC/C=C2\COCc3cnn(Cc4ccc(Cl)cc4Cl)c32)c1. The largest absolute Gasteiger partial charge is 0.497 e. The highest BCUT2D eigenvalue weighted by molar-refractivity contribution is 7.90. The summed E-state index contributed by atoms with van der Waals surface area (Å²) in [6.45, 7) is 1.23. The molecule has 2 N–H and O–H groups in total. The van der Waals surface area contributed by atoms with Crippen molar-refractivity contribution in [1.82, 2.24) is 19.8 Å². The number of carbonyl (C=O) groups is 1. The number of nitrogens with one attached hydrogen (secondary N) is 2. The molecule has 2 aromatic carbocycles. The number of amides is 2. The Morgan fingerprint density at radius 3 is 2.83 bits per heavy atom. The monoisotopic (exact) mass is 536 g/mol. The van der Waals surface area contributed by atoms with Gasteiger partial charge < -0.3 is 14.8 Å². The molecule has 2 heterocycles. The van der Waals surface area contributed by atoms with Crippen molar-refractivity contribution < 1.29 is 22.7 Å². The van der Waals surface area contributed by atoms with Crippen LogP contribution in [-0.2, 0) is 27.9 Å². The van der Waals surface area contributed by atoms with Gasteiger partial charge in [-0.15, -0.1) is 0 Å². The van der Waals surface area contributed by atoms with Crippen LogP contribution in [0.5, 0.6) is 5.75 Å². The Kier molecular flexibility index (Phi) is 7.66. The number of hydrogen-bond donors (Lipinski definition) is 2. The number of rotatable bonds is 7. The molecule has 2 amide bonds. The molecule has 4 rings (SSSR count). The molecular formula is C23H22Cl2N4O5S. The van der Waals surface area contributed by atoms with Crippen LogP contribution in [0.2, 0.25) is 10.0 Å². The molecule has 0 atom stereocenters. The maximum Gasteiger partial charge on any atom is 0.328 e. The fourth-order valence-corrected chi connectivity index (χ4v) is 5.01. The summed E-state index contributed by atoms with van der Waals surface area (Å²) in [7, 11) is -2.63. The number of carbonyl (C=O) groups excluding carboxylic acids is 1. The first-order valence-electron chi connectivity index (χ1n) is 10.5. The number of urea groups is 1. The van der Waals surface area contributed by atoms with Crippen LogP contribution in [0.15, 0.2) is 59.6 Å². The van der Waals surface area contributed by atoms with E-state index in [1.807, 2.05) is 15.5 Å². The van der Waals surface area contributed by atoms with Crippen LogP contribution in [0.25, 0.3) is 5.57 Å². The molecular weight excluding hydrogens is 515 g/mol. The number of ether oxygens (including phenoxy) is 2. The third-order valence-electron chi connectivity index (χ3n) is 5.26. The van der Waals surface area contributed by atoms with E-state index in [0.717, 1.165) is 22.4 Å². The number of fused-ring (bicyclic) bond motifs is 1. The minimum Gasteiger partial charge on any atom is -0.497 e. The van der Waals surface area contributed by atoms with Gasteiger partial charge in [0.25, 0.3) is 10.0 Å². The number of halogens is 2. The molecule has 12 heteroatoms. The second kappa shape index (κ2) is 10.7. The van der Waals surface area contributed by atoms with E-state index in [2.05, 4.69) is 10.4 Å². The van der Waals surface area contributed by atoms with E-state index < -0.39 is 16.1 Å². The van der Waals surface area contributed by atoms with E-state index >= 15 is 0 Å². The topological polar surface area (TPSA) is 112 Å². The van der Waals surface area contributed by atoms with Crippen molar-refractivity contribution in [2.75, 3.05) is 20.3 Å². The molecule has 0 bridgehead atoms. The summed E-state index contributed by atoms with van der Waals surface area (Å²) in [5.74, 6) is 0.364. The first kappa shape index (κ1) is 25.1. The van der Waals surface area contributed by atoms with Gasteiger partial charge in [-0.1, -0.05) is 41.4 Å². The van der Waals surface area contributed by atoms with Crippen LogP contribution in [0.3, 0.4) is 0 Å². The summed E-state index contributed by atoms with van der Waals surface area (Å²) in [4.78, 5) is 12.2. The molecule has 0 unspecified atom stereocenters. The number of methoxy groups -OCH3 is 1. The summed E-state index contributed by atoms with van der Waals surface area (Å²) in [6.07, 6.45) is 3.49. The van der Waals surface area contributed by atoms with Crippen molar-refractivity contribution in [3.8, 4) is 5.75 Å². The number of hydrogen-bond acceptors (Lipinski definition) is 6. The minimum absolute atomic E-state index is 0.0739. The lowest BCUT2D eigenvalue weighted by Crippen LogP contribution is -2.39. The van der Waals surface area contributed by atoms with Crippen LogP contribution in [0.4, 0.5) is 4.79 Å². The van der Waals surface area contributed by atoms with Crippen LogP contribution in [0, 0.1) is 0 Å². The normalized spacial score (nSPS) is 14.4. The zero-order chi connectivity index (χ0) is 25.0. The van der Waals surface area contributed by atoms with Gasteiger partial charge in [0.05, 0.1) is 43.7 Å². The van der Waals surface area contributed by atoms with E-state index in [9.17, 15) is 13.2 Å². The summed E-state index contributed by atoms with van der Waals surface area (Å²) in [5.41, 5.74) is 3.43. The Balaban J connectivity index is 1.44. The van der Waals surface area contributed by atoms with E-state index in [1.54, 1.807) is 30.5 Å². The highest BCUT2D eigenvalue weighted by Crippen LogP contribution is 2.28. The maximum atomic E-state index is 12.5. The van der Waals surface area contributed by atoms with Gasteiger partial charge in [-0.25, -0.2) is 17.9 Å². The van der Waals surface area contributed by atoms with E-state index in [1.165, 1.54) is 25.3 Å². The first-order chi connectivity index (χ1) is 16.8. The Hall–Kier alpha value is -3.05. The van der Waals surface area contributed by atoms with Gasteiger partial charge in [-0.3, -0.25) is 4.68 Å². The fraction of sp³-hybridized carbons (Fsp3) is 0.217. The Labute approximate surface area is 212 Å². The maximum absolute atomic E-state index is 12.5. The van der Waals surface area contributed by atoms with Crippen molar-refractivity contribution in [1.29, 1.82) is 0 Å². The van der Waals surface area contributed by atoms with E-state index in [0.29, 0.717) is 35.6 Å². The smallest absolute Gasteiger partial charge is 0.328 e. The molecule has 1 aliphatic heterocycles. The predicted molar refractivity (Wildman–Crippen MR) is 132 cm³/mol. The van der Waals surface area contributed by atoms with Gasteiger partial charge >= 0.3 is 6.03 Å². The third kappa shape index (κ3) is 5.96. The average molecular weight is 537 g/mol. The second-order valence-electron chi connectivity index (χ2n) is 7.63. The third-order valence-corrected chi connectivity index (χ3v) is 7.18. The Morgan fingerprint density at radius 1 is 1.23 bits per heavy atom. The Morgan fingerprint density at radius 2 is 2.06 bits per heavy atom. The molecule has 0 fully saturated rings. The molecule has 35 heavy (non-hydrogen) atoms. The molecule has 0 radical (unpaired) electrons. The lowest BCUT2D eigenvalue weighted by Gasteiger charge is -2.19. The molecule has 0 saturated carbocycles. The van der Waals surface area contributed by atoms with Crippen LogP contribution in [0.1, 0.15) is 16.8 Å². The van der Waals surface area contributed by atoms with Crippen LogP contribution < -0.4 is 14.8 Å². The van der Waals surface area contributed by atoms with Gasteiger partial charge in [0.2, 0.25) is 0 Å². The standard InChI is InChI=1S/C23H22Cl2N4O5S/c1-33-19-3-2-4-20(10-19)35(31,32)28-23(30)26-8-7-16-13-34-14-17-11-27-29(22(16)17)12-15-5-6-18(24)9-21(15)25/h2-7,9-11H,8,12-14H2,1H3,(H2,26,28,30)/b16-7+. The number of sulfonamides is 1. The van der Waals surface area contributed by atoms with Crippen molar-refractivity contribution in [2.24, 2.45) is 0 Å². The van der Waals surface area contributed by atoms with Gasteiger partial charge in [0.15, 0.2) is 0 Å². The number of benzene rings is 2. The fourth-order valence-electron chi connectivity index (χ4n) is 3.58. The Bertz CT molecular complexity index is 1390. The number of nitrogens with zero attached hydrogens (tertiary/aromatic N) is 2. The lowest BCUT2D eigenvalue weighted by atomic mass is 10.1. The second-order valence-corrected chi connectivity index (χ2v) is 10.2. The quantitative estimate of drug-likeness (QED) is 0.474. The zero-order valence-electron chi connectivity index (χ0n) is 18.6. The molecule has 3 aromatic rings.